The molecule has 2 atom stereocenters. The smallest absolute Gasteiger partial charge is 0.413 e. The van der Waals surface area contributed by atoms with Gasteiger partial charge in [-0.05, 0) is 29.2 Å². The summed E-state index contributed by atoms with van der Waals surface area (Å²) in [6.07, 6.45) is -1.69. The van der Waals surface area contributed by atoms with Crippen LogP contribution in [0.3, 0.4) is 0 Å². The van der Waals surface area contributed by atoms with Gasteiger partial charge in [0.25, 0.3) is 0 Å². The SMILES string of the molecule is C[C@@H](O)C1C(=O)OCN1C(=O)OCC1c2ccccc2-c2ccccc21. The number of aliphatic hydroxyl groups is 1. The number of rotatable bonds is 3. The van der Waals surface area contributed by atoms with Crippen LogP contribution in [-0.4, -0.2) is 47.6 Å². The lowest BCUT2D eigenvalue weighted by Crippen LogP contribution is -2.45. The fourth-order valence-corrected chi connectivity index (χ4v) is 3.73. The minimum Gasteiger partial charge on any atom is -0.448 e. The van der Waals surface area contributed by atoms with Gasteiger partial charge in [-0.3, -0.25) is 4.90 Å². The van der Waals surface area contributed by atoms with E-state index in [-0.39, 0.29) is 19.3 Å². The molecule has 0 radical (unpaired) electrons. The van der Waals surface area contributed by atoms with Gasteiger partial charge >= 0.3 is 12.1 Å². The van der Waals surface area contributed by atoms with Crippen molar-refractivity contribution in [3.05, 3.63) is 59.7 Å². The fourth-order valence-electron chi connectivity index (χ4n) is 3.73. The largest absolute Gasteiger partial charge is 0.448 e. The molecule has 26 heavy (non-hydrogen) atoms. The number of cyclic esters (lactones) is 1. The van der Waals surface area contributed by atoms with E-state index in [0.717, 1.165) is 27.2 Å². The number of carbonyl (C=O) groups is 2. The van der Waals surface area contributed by atoms with Gasteiger partial charge in [0.2, 0.25) is 0 Å². The number of benzene rings is 2. The fraction of sp³-hybridized carbons (Fsp3) is 0.300. The summed E-state index contributed by atoms with van der Waals surface area (Å²) in [6.45, 7) is 1.40. The molecule has 134 valence electrons. The highest BCUT2D eigenvalue weighted by Crippen LogP contribution is 2.44. The topological polar surface area (TPSA) is 76.1 Å². The summed E-state index contributed by atoms with van der Waals surface area (Å²) in [5, 5.41) is 9.73. The minimum absolute atomic E-state index is 0.0597. The van der Waals surface area contributed by atoms with E-state index in [0.29, 0.717) is 0 Å². The molecule has 1 aliphatic heterocycles. The molecule has 1 fully saturated rings. The summed E-state index contributed by atoms with van der Waals surface area (Å²) in [5.74, 6) is -0.677. The number of hydrogen-bond acceptors (Lipinski definition) is 5. The van der Waals surface area contributed by atoms with E-state index in [9.17, 15) is 14.7 Å². The molecule has 0 aromatic heterocycles. The Balaban J connectivity index is 1.53. The Morgan fingerprint density at radius 3 is 2.35 bits per heavy atom. The number of hydrogen-bond donors (Lipinski definition) is 1. The van der Waals surface area contributed by atoms with E-state index >= 15 is 0 Å². The second kappa shape index (κ2) is 6.46. The maximum Gasteiger partial charge on any atom is 0.413 e. The van der Waals surface area contributed by atoms with Crippen molar-refractivity contribution in [1.29, 1.82) is 0 Å². The third-order valence-electron chi connectivity index (χ3n) is 4.95. The molecule has 2 aliphatic rings. The molecule has 2 aromatic carbocycles. The van der Waals surface area contributed by atoms with Crippen LogP contribution >= 0.6 is 0 Å². The molecule has 0 bridgehead atoms. The van der Waals surface area contributed by atoms with Gasteiger partial charge in [-0.2, -0.15) is 0 Å². The third kappa shape index (κ3) is 2.63. The molecule has 1 unspecified atom stereocenters. The molecule has 1 saturated heterocycles. The Hall–Kier alpha value is -2.86. The summed E-state index contributed by atoms with van der Waals surface area (Å²) < 4.78 is 10.4. The number of esters is 1. The van der Waals surface area contributed by atoms with Gasteiger partial charge in [0.05, 0.1) is 6.10 Å². The quantitative estimate of drug-likeness (QED) is 0.858. The second-order valence-corrected chi connectivity index (χ2v) is 6.55. The lowest BCUT2D eigenvalue weighted by molar-refractivity contribution is -0.140. The average molecular weight is 353 g/mol. The first-order valence-corrected chi connectivity index (χ1v) is 8.54. The van der Waals surface area contributed by atoms with Crippen LogP contribution in [0, 0.1) is 0 Å². The summed E-state index contributed by atoms with van der Waals surface area (Å²) in [7, 11) is 0. The van der Waals surface area contributed by atoms with Crippen molar-refractivity contribution in [3.8, 4) is 11.1 Å². The summed E-state index contributed by atoms with van der Waals surface area (Å²) in [6, 6.07) is 15.1. The number of carbonyl (C=O) groups excluding carboxylic acids is 2. The molecule has 1 N–H and O–H groups in total. The zero-order valence-electron chi connectivity index (χ0n) is 14.3. The average Bonchev–Trinajstić information content (AvgIpc) is 3.18. The Morgan fingerprint density at radius 1 is 1.19 bits per heavy atom. The van der Waals surface area contributed by atoms with Crippen LogP contribution < -0.4 is 0 Å². The van der Waals surface area contributed by atoms with E-state index < -0.39 is 24.2 Å². The van der Waals surface area contributed by atoms with Crippen LogP contribution in [-0.2, 0) is 14.3 Å². The Kier molecular flexibility index (Phi) is 4.12. The van der Waals surface area contributed by atoms with Gasteiger partial charge in [0.15, 0.2) is 12.8 Å². The molecule has 6 heteroatoms. The number of fused-ring (bicyclic) bond motifs is 3. The van der Waals surface area contributed by atoms with Gasteiger partial charge in [0, 0.05) is 5.92 Å². The molecule has 4 rings (SSSR count). The molecule has 6 nitrogen and oxygen atoms in total. The molecule has 1 heterocycles. The Bertz CT molecular complexity index is 817. The molecular formula is C20H19NO5. The van der Waals surface area contributed by atoms with Crippen LogP contribution in [0.15, 0.2) is 48.5 Å². The van der Waals surface area contributed by atoms with Crippen molar-refractivity contribution >= 4 is 12.1 Å². The molecule has 0 saturated carbocycles. The normalized spacial score (nSPS) is 19.7. The van der Waals surface area contributed by atoms with Crippen molar-refractivity contribution in [2.45, 2.75) is 25.0 Å². The summed E-state index contributed by atoms with van der Waals surface area (Å²) in [5.41, 5.74) is 4.51. The number of aliphatic hydroxyl groups excluding tert-OH is 1. The molecular weight excluding hydrogens is 334 g/mol. The highest BCUT2D eigenvalue weighted by molar-refractivity contribution is 5.84. The zero-order chi connectivity index (χ0) is 18.3. The maximum atomic E-state index is 12.4. The van der Waals surface area contributed by atoms with E-state index in [4.69, 9.17) is 9.47 Å². The lowest BCUT2D eigenvalue weighted by Gasteiger charge is -2.22. The van der Waals surface area contributed by atoms with Gasteiger partial charge in [-0.1, -0.05) is 48.5 Å². The standard InChI is InChI=1S/C20H19NO5/c1-12(22)18-19(23)26-11-21(18)20(24)25-10-17-15-8-4-2-6-13(15)14-7-3-5-9-16(14)17/h2-9,12,17-18,22H,10-11H2,1H3/t12-,18?/m1/s1. The van der Waals surface area contributed by atoms with Gasteiger partial charge in [-0.25, -0.2) is 9.59 Å². The molecule has 0 spiro atoms. The van der Waals surface area contributed by atoms with Crippen molar-refractivity contribution < 1.29 is 24.2 Å². The van der Waals surface area contributed by atoms with Crippen molar-refractivity contribution in [3.63, 3.8) is 0 Å². The zero-order valence-corrected chi connectivity index (χ0v) is 14.3. The highest BCUT2D eigenvalue weighted by Gasteiger charge is 2.42. The van der Waals surface area contributed by atoms with Gasteiger partial charge in [0.1, 0.15) is 6.61 Å². The summed E-state index contributed by atoms with van der Waals surface area (Å²) >= 11 is 0. The Labute approximate surface area is 151 Å². The number of nitrogens with zero attached hydrogens (tertiary/aromatic N) is 1. The van der Waals surface area contributed by atoms with Crippen molar-refractivity contribution in [2.75, 3.05) is 13.3 Å². The number of ether oxygens (including phenoxy) is 2. The minimum atomic E-state index is -1.02. The van der Waals surface area contributed by atoms with E-state index in [1.165, 1.54) is 6.92 Å². The monoisotopic (exact) mass is 353 g/mol. The van der Waals surface area contributed by atoms with Gasteiger partial charge < -0.3 is 14.6 Å². The predicted molar refractivity (Wildman–Crippen MR) is 93.3 cm³/mol. The van der Waals surface area contributed by atoms with Crippen LogP contribution in [0.4, 0.5) is 4.79 Å². The van der Waals surface area contributed by atoms with Crippen molar-refractivity contribution in [1.82, 2.24) is 4.90 Å². The first kappa shape index (κ1) is 16.6. The van der Waals surface area contributed by atoms with Crippen LogP contribution in [0.2, 0.25) is 0 Å². The second-order valence-electron chi connectivity index (χ2n) is 6.55. The molecule has 1 aliphatic carbocycles. The molecule has 1 amide bonds. The molecule has 2 aromatic rings. The maximum absolute atomic E-state index is 12.4. The van der Waals surface area contributed by atoms with Crippen LogP contribution in [0.1, 0.15) is 24.0 Å². The first-order valence-electron chi connectivity index (χ1n) is 8.54. The first-order chi connectivity index (χ1) is 12.6. The third-order valence-corrected chi connectivity index (χ3v) is 4.95. The van der Waals surface area contributed by atoms with Gasteiger partial charge in [-0.15, -0.1) is 0 Å². The van der Waals surface area contributed by atoms with Crippen LogP contribution in [0.5, 0.6) is 0 Å². The lowest BCUT2D eigenvalue weighted by atomic mass is 9.98. The predicted octanol–water partition coefficient (Wildman–Crippen LogP) is 2.50. The van der Waals surface area contributed by atoms with Crippen LogP contribution in [0.25, 0.3) is 11.1 Å². The van der Waals surface area contributed by atoms with E-state index in [2.05, 4.69) is 12.1 Å². The van der Waals surface area contributed by atoms with E-state index in [1.54, 1.807) is 0 Å². The Morgan fingerprint density at radius 2 is 1.77 bits per heavy atom. The van der Waals surface area contributed by atoms with Crippen molar-refractivity contribution in [2.24, 2.45) is 0 Å². The summed E-state index contributed by atoms with van der Waals surface area (Å²) in [4.78, 5) is 25.3. The highest BCUT2D eigenvalue weighted by atomic mass is 16.6. The number of amides is 1. The van der Waals surface area contributed by atoms with E-state index in [1.807, 2.05) is 36.4 Å².